The Morgan fingerprint density at radius 3 is 2.43 bits per heavy atom. The van der Waals surface area contributed by atoms with E-state index in [1.54, 1.807) is 24.3 Å². The van der Waals surface area contributed by atoms with Gasteiger partial charge < -0.3 is 10.6 Å². The first-order valence-electron chi connectivity index (χ1n) is 9.11. The summed E-state index contributed by atoms with van der Waals surface area (Å²) in [6.07, 6.45) is 5.26. The number of nitro groups is 1. The summed E-state index contributed by atoms with van der Waals surface area (Å²) in [5.41, 5.74) is 0.391. The van der Waals surface area contributed by atoms with E-state index < -0.39 is 10.8 Å². The summed E-state index contributed by atoms with van der Waals surface area (Å²) in [5, 5.41) is 16.7. The number of amides is 2. The second kappa shape index (κ2) is 8.84. The number of carbonyl (C=O) groups excluding carboxylic acids is 2. The Morgan fingerprint density at radius 2 is 1.71 bits per heavy atom. The van der Waals surface area contributed by atoms with Crippen LogP contribution in [0.3, 0.4) is 0 Å². The van der Waals surface area contributed by atoms with Gasteiger partial charge in [0, 0.05) is 18.2 Å². The maximum Gasteiger partial charge on any atom is 0.270 e. The molecule has 2 amide bonds. The van der Waals surface area contributed by atoms with Crippen LogP contribution in [0.4, 0.5) is 11.4 Å². The van der Waals surface area contributed by atoms with Gasteiger partial charge in [0.25, 0.3) is 17.5 Å². The van der Waals surface area contributed by atoms with Crippen molar-refractivity contribution in [3.8, 4) is 0 Å². The van der Waals surface area contributed by atoms with Gasteiger partial charge in [-0.25, -0.2) is 0 Å². The van der Waals surface area contributed by atoms with Crippen LogP contribution >= 0.6 is 11.6 Å². The molecule has 3 rings (SSSR count). The fourth-order valence-electron chi connectivity index (χ4n) is 3.29. The quantitative estimate of drug-likeness (QED) is 0.566. The van der Waals surface area contributed by atoms with E-state index in [9.17, 15) is 19.7 Å². The van der Waals surface area contributed by atoms with Crippen molar-refractivity contribution in [2.45, 2.75) is 38.1 Å². The molecule has 0 atom stereocenters. The molecule has 0 saturated heterocycles. The van der Waals surface area contributed by atoms with Crippen molar-refractivity contribution in [2.75, 3.05) is 5.32 Å². The largest absolute Gasteiger partial charge is 0.349 e. The summed E-state index contributed by atoms with van der Waals surface area (Å²) in [6, 6.07) is 10.4. The molecule has 0 bridgehead atoms. The Kier molecular flexibility index (Phi) is 6.26. The SMILES string of the molecule is O=C(Nc1ccccc1C(=O)NC1CCCCC1)c1cc([N+](=O)[O-])ccc1Cl. The first-order chi connectivity index (χ1) is 13.5. The first-order valence-corrected chi connectivity index (χ1v) is 9.48. The van der Waals surface area contributed by atoms with Crippen LogP contribution in [0.5, 0.6) is 0 Å². The van der Waals surface area contributed by atoms with Crippen LogP contribution in [-0.2, 0) is 0 Å². The molecule has 0 unspecified atom stereocenters. The van der Waals surface area contributed by atoms with Crippen LogP contribution in [-0.4, -0.2) is 22.8 Å². The average molecular weight is 402 g/mol. The molecule has 0 aliphatic heterocycles. The number of para-hydroxylation sites is 1. The van der Waals surface area contributed by atoms with E-state index in [1.807, 2.05) is 0 Å². The third-order valence-corrected chi connectivity index (χ3v) is 5.10. The van der Waals surface area contributed by atoms with Crippen molar-refractivity contribution in [2.24, 2.45) is 0 Å². The monoisotopic (exact) mass is 401 g/mol. The topological polar surface area (TPSA) is 101 Å². The highest BCUT2D eigenvalue weighted by molar-refractivity contribution is 6.34. The molecule has 0 aromatic heterocycles. The van der Waals surface area contributed by atoms with Crippen LogP contribution in [0.2, 0.25) is 5.02 Å². The Balaban J connectivity index is 1.79. The predicted octanol–water partition coefficient (Wildman–Crippen LogP) is 4.56. The van der Waals surface area contributed by atoms with Crippen molar-refractivity contribution in [3.63, 3.8) is 0 Å². The van der Waals surface area contributed by atoms with Crippen molar-refractivity contribution in [1.29, 1.82) is 0 Å². The van der Waals surface area contributed by atoms with Gasteiger partial charge in [0.15, 0.2) is 0 Å². The van der Waals surface area contributed by atoms with E-state index in [4.69, 9.17) is 11.6 Å². The van der Waals surface area contributed by atoms with E-state index in [2.05, 4.69) is 10.6 Å². The molecule has 1 saturated carbocycles. The molecular formula is C20H20ClN3O4. The van der Waals surface area contributed by atoms with E-state index in [0.29, 0.717) is 11.3 Å². The van der Waals surface area contributed by atoms with Gasteiger partial charge in [-0.2, -0.15) is 0 Å². The molecule has 1 aliphatic rings. The number of halogens is 1. The third kappa shape index (κ3) is 4.67. The van der Waals surface area contributed by atoms with Gasteiger partial charge in [-0.05, 0) is 31.0 Å². The lowest BCUT2D eigenvalue weighted by Gasteiger charge is -2.23. The molecule has 7 nitrogen and oxygen atoms in total. The van der Waals surface area contributed by atoms with E-state index in [1.165, 1.54) is 18.6 Å². The molecule has 0 spiro atoms. The molecule has 2 N–H and O–H groups in total. The van der Waals surface area contributed by atoms with Crippen molar-refractivity contribution in [3.05, 3.63) is 68.7 Å². The van der Waals surface area contributed by atoms with Gasteiger partial charge in [-0.15, -0.1) is 0 Å². The van der Waals surface area contributed by atoms with Gasteiger partial charge in [-0.3, -0.25) is 19.7 Å². The van der Waals surface area contributed by atoms with E-state index in [0.717, 1.165) is 31.7 Å². The molecule has 8 heteroatoms. The number of carbonyl (C=O) groups is 2. The highest BCUT2D eigenvalue weighted by Gasteiger charge is 2.21. The summed E-state index contributed by atoms with van der Waals surface area (Å²) in [7, 11) is 0. The molecule has 1 aliphatic carbocycles. The summed E-state index contributed by atoms with van der Waals surface area (Å²) < 4.78 is 0. The average Bonchev–Trinajstić information content (AvgIpc) is 2.69. The maximum atomic E-state index is 12.7. The zero-order valence-electron chi connectivity index (χ0n) is 15.1. The fraction of sp³-hybridized carbons (Fsp3) is 0.300. The number of nitrogens with one attached hydrogen (secondary N) is 2. The van der Waals surface area contributed by atoms with Crippen LogP contribution in [0.15, 0.2) is 42.5 Å². The zero-order chi connectivity index (χ0) is 20.1. The van der Waals surface area contributed by atoms with E-state index in [-0.39, 0.29) is 28.2 Å². The molecule has 28 heavy (non-hydrogen) atoms. The Hall–Kier alpha value is -2.93. The Bertz CT molecular complexity index is 910. The molecule has 2 aromatic carbocycles. The number of nitrogens with zero attached hydrogens (tertiary/aromatic N) is 1. The molecule has 146 valence electrons. The minimum Gasteiger partial charge on any atom is -0.349 e. The fourth-order valence-corrected chi connectivity index (χ4v) is 3.49. The number of anilines is 1. The number of non-ortho nitro benzene ring substituents is 1. The first kappa shape index (κ1) is 19.8. The van der Waals surface area contributed by atoms with Crippen LogP contribution < -0.4 is 10.6 Å². The molecule has 0 heterocycles. The Morgan fingerprint density at radius 1 is 1.00 bits per heavy atom. The van der Waals surface area contributed by atoms with Crippen molar-refractivity contribution in [1.82, 2.24) is 5.32 Å². The van der Waals surface area contributed by atoms with Gasteiger partial charge in [0.2, 0.25) is 0 Å². The molecule has 1 fully saturated rings. The van der Waals surface area contributed by atoms with Crippen molar-refractivity contribution < 1.29 is 14.5 Å². The smallest absolute Gasteiger partial charge is 0.270 e. The standard InChI is InChI=1S/C20H20ClN3O4/c21-17-11-10-14(24(27)28)12-16(17)20(26)23-18-9-5-4-8-15(18)19(25)22-13-6-2-1-3-7-13/h4-5,8-13H,1-3,6-7H2,(H,22,25)(H,23,26). The highest BCUT2D eigenvalue weighted by atomic mass is 35.5. The number of rotatable bonds is 5. The van der Waals surface area contributed by atoms with Gasteiger partial charge in [0.1, 0.15) is 0 Å². The highest BCUT2D eigenvalue weighted by Crippen LogP contribution is 2.25. The Labute approximate surface area is 167 Å². The van der Waals surface area contributed by atoms with Crippen LogP contribution in [0.1, 0.15) is 52.8 Å². The number of nitro benzene ring substituents is 1. The normalized spacial score (nSPS) is 14.3. The number of benzene rings is 2. The second-order valence-electron chi connectivity index (χ2n) is 6.73. The van der Waals surface area contributed by atoms with Gasteiger partial charge in [-0.1, -0.05) is 43.0 Å². The number of hydrogen-bond donors (Lipinski definition) is 2. The predicted molar refractivity (Wildman–Crippen MR) is 107 cm³/mol. The molecule has 2 aromatic rings. The van der Waals surface area contributed by atoms with Crippen LogP contribution in [0.25, 0.3) is 0 Å². The number of hydrogen-bond acceptors (Lipinski definition) is 4. The summed E-state index contributed by atoms with van der Waals surface area (Å²) in [4.78, 5) is 35.7. The van der Waals surface area contributed by atoms with Gasteiger partial charge >= 0.3 is 0 Å². The lowest BCUT2D eigenvalue weighted by molar-refractivity contribution is -0.384. The summed E-state index contributed by atoms with van der Waals surface area (Å²) >= 11 is 6.03. The lowest BCUT2D eigenvalue weighted by atomic mass is 9.95. The zero-order valence-corrected chi connectivity index (χ0v) is 15.9. The van der Waals surface area contributed by atoms with E-state index >= 15 is 0 Å². The van der Waals surface area contributed by atoms with Gasteiger partial charge in [0.05, 0.1) is 26.8 Å². The lowest BCUT2D eigenvalue weighted by Crippen LogP contribution is -2.36. The minimum atomic E-state index is -0.619. The minimum absolute atomic E-state index is 0.0293. The second-order valence-corrected chi connectivity index (χ2v) is 7.14. The van der Waals surface area contributed by atoms with Crippen LogP contribution in [0, 0.1) is 10.1 Å². The maximum absolute atomic E-state index is 12.7. The molecular weight excluding hydrogens is 382 g/mol. The third-order valence-electron chi connectivity index (χ3n) is 4.77. The van der Waals surface area contributed by atoms with Crippen molar-refractivity contribution >= 4 is 34.8 Å². The summed E-state index contributed by atoms with van der Waals surface area (Å²) in [5.74, 6) is -0.875. The molecule has 0 radical (unpaired) electrons. The summed E-state index contributed by atoms with van der Waals surface area (Å²) in [6.45, 7) is 0.